The number of aromatic nitrogens is 2. The van der Waals surface area contributed by atoms with Gasteiger partial charge in [-0.2, -0.15) is 5.10 Å². The van der Waals surface area contributed by atoms with E-state index in [0.717, 1.165) is 11.1 Å². The minimum Gasteiger partial charge on any atom is -0.268 e. The second kappa shape index (κ2) is 9.43. The maximum atomic E-state index is 12.1. The number of sulfonamides is 1. The Hall–Kier alpha value is -2.77. The fourth-order valence-electron chi connectivity index (χ4n) is 2.80. The number of nitrogens with one attached hydrogen (secondary N) is 1. The van der Waals surface area contributed by atoms with E-state index in [1.54, 1.807) is 6.07 Å². The van der Waals surface area contributed by atoms with Gasteiger partial charge >= 0.3 is 0 Å². The van der Waals surface area contributed by atoms with E-state index in [2.05, 4.69) is 9.82 Å². The molecule has 0 aliphatic heterocycles. The van der Waals surface area contributed by atoms with Crippen molar-refractivity contribution in [2.45, 2.75) is 19.4 Å². The lowest BCUT2D eigenvalue weighted by Crippen LogP contribution is -2.30. The molecular weight excluding hydrogens is 374 g/mol. The zero-order valence-corrected chi connectivity index (χ0v) is 16.3. The molecule has 0 unspecified atom stereocenters. The molecule has 0 amide bonds. The topological polar surface area (TPSA) is 81.1 Å². The third-order valence-electron chi connectivity index (χ3n) is 4.31. The van der Waals surface area contributed by atoms with E-state index in [0.29, 0.717) is 25.1 Å². The predicted molar refractivity (Wildman–Crippen MR) is 110 cm³/mol. The number of rotatable bonds is 9. The van der Waals surface area contributed by atoms with Crippen LogP contribution in [0.25, 0.3) is 11.3 Å². The quantitative estimate of drug-likeness (QED) is 0.563. The molecule has 0 bridgehead atoms. The maximum Gasteiger partial charge on any atom is 0.266 e. The molecule has 3 aromatic rings. The molecular formula is C21H23N3O3S. The minimum atomic E-state index is -3.35. The van der Waals surface area contributed by atoms with Crippen LogP contribution in [0.1, 0.15) is 12.0 Å². The van der Waals surface area contributed by atoms with Gasteiger partial charge in [0.15, 0.2) is 0 Å². The summed E-state index contributed by atoms with van der Waals surface area (Å²) in [6, 6.07) is 22.3. The summed E-state index contributed by atoms with van der Waals surface area (Å²) in [6.07, 6.45) is 0.950. The lowest BCUT2D eigenvalue weighted by atomic mass is 10.1. The van der Waals surface area contributed by atoms with E-state index in [4.69, 9.17) is 0 Å². The van der Waals surface area contributed by atoms with Gasteiger partial charge in [-0.25, -0.2) is 17.8 Å². The molecule has 0 saturated heterocycles. The van der Waals surface area contributed by atoms with E-state index in [-0.39, 0.29) is 17.9 Å². The Morgan fingerprint density at radius 2 is 1.57 bits per heavy atom. The largest absolute Gasteiger partial charge is 0.268 e. The van der Waals surface area contributed by atoms with Crippen LogP contribution in [0, 0.1) is 0 Å². The molecule has 0 fully saturated rings. The number of hydrogen-bond acceptors (Lipinski definition) is 4. The summed E-state index contributed by atoms with van der Waals surface area (Å²) in [4.78, 5) is 12.0. The molecule has 0 atom stereocenters. The van der Waals surface area contributed by atoms with Crippen molar-refractivity contribution < 1.29 is 8.42 Å². The normalized spacial score (nSPS) is 11.4. The van der Waals surface area contributed by atoms with E-state index < -0.39 is 10.0 Å². The Labute approximate surface area is 164 Å². The van der Waals surface area contributed by atoms with Crippen LogP contribution in [-0.4, -0.2) is 30.5 Å². The molecule has 1 aromatic heterocycles. The zero-order valence-electron chi connectivity index (χ0n) is 15.5. The van der Waals surface area contributed by atoms with Crippen LogP contribution >= 0.6 is 0 Å². The Balaban J connectivity index is 1.51. The van der Waals surface area contributed by atoms with Crippen molar-refractivity contribution >= 4 is 10.0 Å². The summed E-state index contributed by atoms with van der Waals surface area (Å²) >= 11 is 0. The van der Waals surface area contributed by atoms with Crippen LogP contribution < -0.4 is 10.3 Å². The Kier molecular flexibility index (Phi) is 6.73. The summed E-state index contributed by atoms with van der Waals surface area (Å²) in [5.41, 5.74) is 2.43. The van der Waals surface area contributed by atoms with E-state index in [1.165, 1.54) is 10.7 Å². The first kappa shape index (κ1) is 20.0. The molecule has 7 heteroatoms. The van der Waals surface area contributed by atoms with Crippen molar-refractivity contribution in [3.63, 3.8) is 0 Å². The highest BCUT2D eigenvalue weighted by molar-refractivity contribution is 7.89. The van der Waals surface area contributed by atoms with Gasteiger partial charge in [0.25, 0.3) is 5.56 Å². The third kappa shape index (κ3) is 5.87. The summed E-state index contributed by atoms with van der Waals surface area (Å²) in [6.45, 7) is 0.613. The van der Waals surface area contributed by atoms with E-state index in [9.17, 15) is 13.2 Å². The monoisotopic (exact) mass is 397 g/mol. The van der Waals surface area contributed by atoms with Gasteiger partial charge in [0.2, 0.25) is 10.0 Å². The second-order valence-electron chi connectivity index (χ2n) is 6.45. The van der Waals surface area contributed by atoms with Gasteiger partial charge in [0, 0.05) is 24.7 Å². The third-order valence-corrected chi connectivity index (χ3v) is 5.69. The van der Waals surface area contributed by atoms with Gasteiger partial charge in [-0.3, -0.25) is 4.79 Å². The minimum absolute atomic E-state index is 0.0404. The van der Waals surface area contributed by atoms with Crippen molar-refractivity contribution in [3.05, 3.63) is 88.7 Å². The number of hydrogen-bond donors (Lipinski definition) is 1. The van der Waals surface area contributed by atoms with E-state index in [1.807, 2.05) is 60.7 Å². The summed E-state index contributed by atoms with van der Waals surface area (Å²) < 4.78 is 28.2. The lowest BCUT2D eigenvalue weighted by molar-refractivity contribution is 0.536. The first-order chi connectivity index (χ1) is 13.5. The van der Waals surface area contributed by atoms with Crippen molar-refractivity contribution in [1.82, 2.24) is 14.5 Å². The van der Waals surface area contributed by atoms with Gasteiger partial charge < -0.3 is 0 Å². The van der Waals surface area contributed by atoms with Crippen LogP contribution in [0.15, 0.2) is 77.6 Å². The van der Waals surface area contributed by atoms with Crippen LogP contribution in [0.5, 0.6) is 0 Å². The number of benzene rings is 2. The summed E-state index contributed by atoms with van der Waals surface area (Å²) in [5.74, 6) is 0.0404. The second-order valence-corrected chi connectivity index (χ2v) is 8.37. The van der Waals surface area contributed by atoms with Crippen LogP contribution in [0.3, 0.4) is 0 Å². The molecule has 3 rings (SSSR count). The lowest BCUT2D eigenvalue weighted by Gasteiger charge is -2.09. The summed E-state index contributed by atoms with van der Waals surface area (Å²) in [7, 11) is -3.35. The average Bonchev–Trinajstić information content (AvgIpc) is 2.72. The molecule has 1 heterocycles. The molecule has 0 aliphatic carbocycles. The Morgan fingerprint density at radius 1 is 0.893 bits per heavy atom. The molecule has 2 aromatic carbocycles. The molecule has 28 heavy (non-hydrogen) atoms. The molecule has 146 valence electrons. The first-order valence-electron chi connectivity index (χ1n) is 9.18. The summed E-state index contributed by atoms with van der Waals surface area (Å²) in [5, 5.41) is 4.38. The molecule has 1 N–H and O–H groups in total. The maximum absolute atomic E-state index is 12.1. The van der Waals surface area contributed by atoms with Crippen molar-refractivity contribution in [2.75, 3.05) is 12.3 Å². The zero-order chi connectivity index (χ0) is 19.8. The van der Waals surface area contributed by atoms with Crippen molar-refractivity contribution in [3.8, 4) is 11.3 Å². The average molecular weight is 398 g/mol. The van der Waals surface area contributed by atoms with E-state index >= 15 is 0 Å². The fourth-order valence-corrected chi connectivity index (χ4v) is 3.90. The van der Waals surface area contributed by atoms with Crippen molar-refractivity contribution in [2.24, 2.45) is 0 Å². The molecule has 0 aliphatic rings. The number of nitrogens with zero attached hydrogens (tertiary/aromatic N) is 2. The molecule has 0 saturated carbocycles. The predicted octanol–water partition coefficient (Wildman–Crippen LogP) is 2.46. The highest BCUT2D eigenvalue weighted by Gasteiger charge is 2.10. The molecule has 0 spiro atoms. The van der Waals surface area contributed by atoms with Gasteiger partial charge in [-0.15, -0.1) is 0 Å². The first-order valence-corrected chi connectivity index (χ1v) is 10.8. The van der Waals surface area contributed by atoms with Crippen LogP contribution in [-0.2, 0) is 23.0 Å². The number of aryl methyl sites for hydroxylation is 2. The smallest absolute Gasteiger partial charge is 0.266 e. The SMILES string of the molecule is O=c1ccc(-c2ccccc2)nn1CCCNS(=O)(=O)CCc1ccccc1. The Morgan fingerprint density at radius 3 is 2.29 bits per heavy atom. The standard InChI is InChI=1S/C21H23N3O3S/c25-21-13-12-20(19-10-5-2-6-11-19)23-24(21)16-7-15-22-28(26,27)17-14-18-8-3-1-4-9-18/h1-6,8-13,22H,7,14-17H2. The van der Waals surface area contributed by atoms with Gasteiger partial charge in [0.05, 0.1) is 11.4 Å². The van der Waals surface area contributed by atoms with Gasteiger partial charge in [-0.05, 0) is 24.5 Å². The Bertz CT molecular complexity index is 1050. The fraction of sp³-hybridized carbons (Fsp3) is 0.238. The van der Waals surface area contributed by atoms with Crippen LogP contribution in [0.4, 0.5) is 0 Å². The molecule has 0 radical (unpaired) electrons. The van der Waals surface area contributed by atoms with Gasteiger partial charge in [-0.1, -0.05) is 60.7 Å². The highest BCUT2D eigenvalue weighted by atomic mass is 32.2. The van der Waals surface area contributed by atoms with Crippen LogP contribution in [0.2, 0.25) is 0 Å². The van der Waals surface area contributed by atoms with Crippen molar-refractivity contribution in [1.29, 1.82) is 0 Å². The van der Waals surface area contributed by atoms with Gasteiger partial charge in [0.1, 0.15) is 0 Å². The molecule has 6 nitrogen and oxygen atoms in total. The highest BCUT2D eigenvalue weighted by Crippen LogP contribution is 2.13.